The van der Waals surface area contributed by atoms with E-state index in [9.17, 15) is 5.11 Å². The fourth-order valence-corrected chi connectivity index (χ4v) is 3.40. The van der Waals surface area contributed by atoms with Crippen LogP contribution in [-0.4, -0.2) is 40.8 Å². The van der Waals surface area contributed by atoms with Crippen molar-refractivity contribution in [3.8, 4) is 0 Å². The summed E-state index contributed by atoms with van der Waals surface area (Å²) in [5, 5.41) is 10.5. The summed E-state index contributed by atoms with van der Waals surface area (Å²) in [4.78, 5) is 2.31. The minimum absolute atomic E-state index is 0.176. The Balaban J connectivity index is 2.08. The van der Waals surface area contributed by atoms with Gasteiger partial charge in [0.05, 0.1) is 17.3 Å². The van der Waals surface area contributed by atoms with E-state index in [0.717, 1.165) is 18.7 Å². The third-order valence-electron chi connectivity index (χ3n) is 4.11. The molecule has 1 heterocycles. The molecular weight excluding hydrogens is 262 g/mol. The molecule has 0 radical (unpaired) electrons. The van der Waals surface area contributed by atoms with Gasteiger partial charge in [0.25, 0.3) is 0 Å². The lowest BCUT2D eigenvalue weighted by Gasteiger charge is -2.47. The molecule has 1 aliphatic heterocycles. The van der Waals surface area contributed by atoms with Crippen molar-refractivity contribution in [3.63, 3.8) is 0 Å². The van der Waals surface area contributed by atoms with Gasteiger partial charge in [-0.05, 0) is 58.2 Å². The SMILES string of the molecule is Cc1ccc(C(O)CN2CC(C)(C)OC(C)(C)C2)cc1C. The summed E-state index contributed by atoms with van der Waals surface area (Å²) in [6, 6.07) is 6.21. The number of nitrogens with zero attached hydrogens (tertiary/aromatic N) is 1. The molecule has 0 bridgehead atoms. The molecule has 1 unspecified atom stereocenters. The highest BCUT2D eigenvalue weighted by Gasteiger charge is 2.38. The number of rotatable bonds is 3. The summed E-state index contributed by atoms with van der Waals surface area (Å²) in [5.74, 6) is 0. The van der Waals surface area contributed by atoms with Gasteiger partial charge in [-0.2, -0.15) is 0 Å². The highest BCUT2D eigenvalue weighted by molar-refractivity contribution is 5.31. The Kier molecular flexibility index (Phi) is 4.48. The quantitative estimate of drug-likeness (QED) is 0.928. The maximum Gasteiger partial charge on any atom is 0.0917 e. The molecule has 1 fully saturated rings. The fourth-order valence-electron chi connectivity index (χ4n) is 3.40. The Hall–Kier alpha value is -0.900. The van der Waals surface area contributed by atoms with Crippen molar-refractivity contribution in [1.82, 2.24) is 4.90 Å². The van der Waals surface area contributed by atoms with E-state index in [1.54, 1.807) is 0 Å². The molecule has 1 aromatic rings. The second kappa shape index (κ2) is 5.71. The van der Waals surface area contributed by atoms with Gasteiger partial charge < -0.3 is 9.84 Å². The Labute approximate surface area is 128 Å². The molecule has 0 saturated carbocycles. The predicted molar refractivity (Wildman–Crippen MR) is 86.6 cm³/mol. The van der Waals surface area contributed by atoms with E-state index in [2.05, 4.69) is 58.6 Å². The molecule has 0 amide bonds. The molecule has 1 saturated heterocycles. The Bertz CT molecular complexity index is 492. The number of aliphatic hydroxyl groups excluding tert-OH is 1. The summed E-state index contributed by atoms with van der Waals surface area (Å²) in [6.07, 6.45) is -0.450. The molecule has 0 aliphatic carbocycles. The van der Waals surface area contributed by atoms with Crippen molar-refractivity contribution in [2.75, 3.05) is 19.6 Å². The highest BCUT2D eigenvalue weighted by atomic mass is 16.5. The topological polar surface area (TPSA) is 32.7 Å². The third kappa shape index (κ3) is 4.29. The molecule has 1 N–H and O–H groups in total. The van der Waals surface area contributed by atoms with Crippen LogP contribution in [0, 0.1) is 13.8 Å². The second-order valence-electron chi connectivity index (χ2n) is 7.65. The average molecular weight is 291 g/mol. The van der Waals surface area contributed by atoms with E-state index < -0.39 is 6.10 Å². The summed E-state index contributed by atoms with van der Waals surface area (Å²) < 4.78 is 6.09. The maximum absolute atomic E-state index is 10.5. The van der Waals surface area contributed by atoms with Crippen LogP contribution in [0.25, 0.3) is 0 Å². The zero-order valence-electron chi connectivity index (χ0n) is 14.2. The van der Waals surface area contributed by atoms with E-state index >= 15 is 0 Å². The summed E-state index contributed by atoms with van der Waals surface area (Å²) in [7, 11) is 0. The first-order valence-corrected chi connectivity index (χ1v) is 7.76. The lowest BCUT2D eigenvalue weighted by Crippen LogP contribution is -2.57. The predicted octanol–water partition coefficient (Wildman–Crippen LogP) is 3.23. The largest absolute Gasteiger partial charge is 0.387 e. The maximum atomic E-state index is 10.5. The molecule has 0 spiro atoms. The van der Waals surface area contributed by atoms with Gasteiger partial charge in [0, 0.05) is 19.6 Å². The fraction of sp³-hybridized carbons (Fsp3) is 0.667. The van der Waals surface area contributed by atoms with Gasteiger partial charge in [-0.15, -0.1) is 0 Å². The normalized spacial score (nSPS) is 23.0. The molecule has 1 atom stereocenters. The van der Waals surface area contributed by atoms with Crippen LogP contribution in [0.1, 0.15) is 50.5 Å². The van der Waals surface area contributed by atoms with E-state index in [4.69, 9.17) is 4.74 Å². The number of aliphatic hydroxyl groups is 1. The van der Waals surface area contributed by atoms with Crippen LogP contribution < -0.4 is 0 Å². The standard InChI is InChI=1S/C18H29NO2/c1-13-7-8-15(9-14(13)2)16(20)10-19-11-17(3,4)21-18(5,6)12-19/h7-9,16,20H,10-12H2,1-6H3. The molecule has 2 rings (SSSR count). The van der Waals surface area contributed by atoms with E-state index in [-0.39, 0.29) is 11.2 Å². The van der Waals surface area contributed by atoms with Crippen molar-refractivity contribution < 1.29 is 9.84 Å². The number of aryl methyl sites for hydroxylation is 2. The van der Waals surface area contributed by atoms with Crippen LogP contribution in [0.15, 0.2) is 18.2 Å². The summed E-state index contributed by atoms with van der Waals surface area (Å²) in [6.45, 7) is 15.0. The molecule has 0 aromatic heterocycles. The molecule has 118 valence electrons. The highest BCUT2D eigenvalue weighted by Crippen LogP contribution is 2.29. The third-order valence-corrected chi connectivity index (χ3v) is 4.11. The van der Waals surface area contributed by atoms with Gasteiger partial charge in [0.15, 0.2) is 0 Å². The van der Waals surface area contributed by atoms with Crippen molar-refractivity contribution in [2.45, 2.75) is 58.8 Å². The van der Waals surface area contributed by atoms with Crippen molar-refractivity contribution >= 4 is 0 Å². The van der Waals surface area contributed by atoms with Crippen LogP contribution in [0.4, 0.5) is 0 Å². The van der Waals surface area contributed by atoms with Crippen LogP contribution in [0.3, 0.4) is 0 Å². The van der Waals surface area contributed by atoms with Gasteiger partial charge in [-0.1, -0.05) is 18.2 Å². The Morgan fingerprint density at radius 1 is 1.10 bits per heavy atom. The number of ether oxygens (including phenoxy) is 1. The first kappa shape index (κ1) is 16.5. The number of β-amino-alcohol motifs (C(OH)–C–C–N with tert-alkyl or cyclic N) is 1. The van der Waals surface area contributed by atoms with Crippen LogP contribution >= 0.6 is 0 Å². The first-order valence-electron chi connectivity index (χ1n) is 7.76. The van der Waals surface area contributed by atoms with E-state index in [1.807, 2.05) is 6.07 Å². The summed E-state index contributed by atoms with van der Waals surface area (Å²) in [5.41, 5.74) is 3.14. The molecule has 1 aromatic carbocycles. The lowest BCUT2D eigenvalue weighted by molar-refractivity contribution is -0.183. The number of morpholine rings is 1. The zero-order valence-corrected chi connectivity index (χ0v) is 14.2. The van der Waals surface area contributed by atoms with Gasteiger partial charge >= 0.3 is 0 Å². The smallest absolute Gasteiger partial charge is 0.0917 e. The van der Waals surface area contributed by atoms with Gasteiger partial charge in [0.1, 0.15) is 0 Å². The lowest BCUT2D eigenvalue weighted by atomic mass is 9.97. The molecule has 1 aliphatic rings. The minimum atomic E-state index is -0.450. The van der Waals surface area contributed by atoms with Gasteiger partial charge in [0.2, 0.25) is 0 Å². The molecule has 3 nitrogen and oxygen atoms in total. The average Bonchev–Trinajstić information content (AvgIpc) is 2.28. The number of benzene rings is 1. The monoisotopic (exact) mass is 291 g/mol. The van der Waals surface area contributed by atoms with E-state index in [0.29, 0.717) is 6.54 Å². The minimum Gasteiger partial charge on any atom is -0.387 e. The second-order valence-corrected chi connectivity index (χ2v) is 7.65. The van der Waals surface area contributed by atoms with Crippen LogP contribution in [0.2, 0.25) is 0 Å². The van der Waals surface area contributed by atoms with E-state index in [1.165, 1.54) is 11.1 Å². The number of hydrogen-bond donors (Lipinski definition) is 1. The van der Waals surface area contributed by atoms with Gasteiger partial charge in [-0.25, -0.2) is 0 Å². The number of hydrogen-bond acceptors (Lipinski definition) is 3. The Morgan fingerprint density at radius 2 is 1.67 bits per heavy atom. The summed E-state index contributed by atoms with van der Waals surface area (Å²) >= 11 is 0. The Morgan fingerprint density at radius 3 is 2.19 bits per heavy atom. The first-order chi connectivity index (χ1) is 9.58. The van der Waals surface area contributed by atoms with Crippen LogP contribution in [-0.2, 0) is 4.74 Å². The van der Waals surface area contributed by atoms with Crippen molar-refractivity contribution in [1.29, 1.82) is 0 Å². The zero-order chi connectivity index (χ0) is 15.8. The van der Waals surface area contributed by atoms with Crippen molar-refractivity contribution in [2.24, 2.45) is 0 Å². The molecular formula is C18H29NO2. The van der Waals surface area contributed by atoms with Crippen LogP contribution in [0.5, 0.6) is 0 Å². The molecule has 21 heavy (non-hydrogen) atoms. The van der Waals surface area contributed by atoms with Gasteiger partial charge in [-0.3, -0.25) is 4.90 Å². The van der Waals surface area contributed by atoms with Crippen molar-refractivity contribution in [3.05, 3.63) is 34.9 Å². The molecule has 3 heteroatoms.